The number of pyridine rings is 1. The van der Waals surface area contributed by atoms with Crippen molar-refractivity contribution in [2.45, 2.75) is 33.4 Å². The van der Waals surface area contributed by atoms with Crippen LogP contribution in [0, 0.1) is 12.8 Å². The number of likely N-dealkylation sites (tertiary alicyclic amines) is 1. The van der Waals surface area contributed by atoms with Crippen LogP contribution in [0.25, 0.3) is 0 Å². The molecule has 0 aliphatic carbocycles. The summed E-state index contributed by atoms with van der Waals surface area (Å²) in [6, 6.07) is 15.1. The zero-order chi connectivity index (χ0) is 24.1. The van der Waals surface area contributed by atoms with Gasteiger partial charge in [-0.2, -0.15) is 0 Å². The van der Waals surface area contributed by atoms with Crippen LogP contribution in [0.1, 0.15) is 40.0 Å². The predicted molar refractivity (Wildman–Crippen MR) is 128 cm³/mol. The van der Waals surface area contributed by atoms with Gasteiger partial charge in [-0.05, 0) is 31.5 Å². The van der Waals surface area contributed by atoms with E-state index in [9.17, 15) is 14.4 Å². The fourth-order valence-electron chi connectivity index (χ4n) is 3.89. The molecule has 2 aromatic heterocycles. The number of rotatable bonds is 8. The van der Waals surface area contributed by atoms with Crippen molar-refractivity contribution >= 4 is 34.3 Å². The Morgan fingerprint density at radius 2 is 1.94 bits per heavy atom. The number of carbonyl (C=O) groups is 3. The maximum absolute atomic E-state index is 13.7. The molecule has 0 saturated carbocycles. The predicted octanol–water partition coefficient (Wildman–Crippen LogP) is 3.61. The monoisotopic (exact) mass is 478 g/mol. The molecule has 0 radical (unpaired) electrons. The van der Waals surface area contributed by atoms with Gasteiger partial charge in [0.05, 0.1) is 37.0 Å². The number of hydrogen-bond acceptors (Lipinski definition) is 7. The summed E-state index contributed by atoms with van der Waals surface area (Å²) in [7, 11) is 0. The number of hydrogen-bond donors (Lipinski definition) is 0. The maximum atomic E-state index is 13.7. The fourth-order valence-corrected chi connectivity index (χ4v) is 4.85. The number of anilines is 1. The molecule has 8 nitrogen and oxygen atoms in total. The third kappa shape index (κ3) is 5.31. The molecule has 3 heterocycles. The van der Waals surface area contributed by atoms with Crippen molar-refractivity contribution in [3.63, 3.8) is 0 Å². The SMILES string of the molecule is CCOC(=O)c1sc(N(Cc2ccccc2)C(=O)C2CC(=O)N(Cc3ccccn3)C2)nc1C. The van der Waals surface area contributed by atoms with Gasteiger partial charge < -0.3 is 9.64 Å². The van der Waals surface area contributed by atoms with Gasteiger partial charge >= 0.3 is 5.97 Å². The van der Waals surface area contributed by atoms with E-state index in [0.717, 1.165) is 22.6 Å². The summed E-state index contributed by atoms with van der Waals surface area (Å²) in [5.41, 5.74) is 2.22. The zero-order valence-electron chi connectivity index (χ0n) is 19.1. The maximum Gasteiger partial charge on any atom is 0.350 e. The molecule has 1 fully saturated rings. The van der Waals surface area contributed by atoms with Gasteiger partial charge in [0.15, 0.2) is 5.13 Å². The van der Waals surface area contributed by atoms with E-state index in [2.05, 4.69) is 9.97 Å². The van der Waals surface area contributed by atoms with Gasteiger partial charge in [-0.1, -0.05) is 47.7 Å². The van der Waals surface area contributed by atoms with Crippen molar-refractivity contribution in [1.82, 2.24) is 14.9 Å². The minimum atomic E-state index is -0.504. The minimum absolute atomic E-state index is 0.0776. The molecule has 0 bridgehead atoms. The second kappa shape index (κ2) is 10.6. The Morgan fingerprint density at radius 3 is 2.65 bits per heavy atom. The van der Waals surface area contributed by atoms with E-state index in [4.69, 9.17) is 4.74 Å². The molecular formula is C25H26N4O4S. The van der Waals surface area contributed by atoms with Gasteiger partial charge in [0.2, 0.25) is 11.8 Å². The van der Waals surface area contributed by atoms with Gasteiger partial charge in [0.25, 0.3) is 0 Å². The average molecular weight is 479 g/mol. The number of thiazole rings is 1. The normalized spacial score (nSPS) is 15.4. The van der Waals surface area contributed by atoms with E-state index in [1.165, 1.54) is 0 Å². The molecule has 1 saturated heterocycles. The van der Waals surface area contributed by atoms with Crippen LogP contribution in [0.4, 0.5) is 5.13 Å². The van der Waals surface area contributed by atoms with Crippen LogP contribution in [0.15, 0.2) is 54.7 Å². The van der Waals surface area contributed by atoms with E-state index in [1.807, 2.05) is 48.5 Å². The highest BCUT2D eigenvalue weighted by atomic mass is 32.1. The third-order valence-corrected chi connectivity index (χ3v) is 6.73. The highest BCUT2D eigenvalue weighted by Crippen LogP contribution is 2.31. The highest BCUT2D eigenvalue weighted by Gasteiger charge is 2.38. The lowest BCUT2D eigenvalue weighted by Crippen LogP contribution is -2.37. The number of ether oxygens (including phenoxy) is 1. The van der Waals surface area contributed by atoms with Crippen molar-refractivity contribution in [1.29, 1.82) is 0 Å². The molecule has 9 heteroatoms. The number of esters is 1. The number of carbonyl (C=O) groups excluding carboxylic acids is 3. The van der Waals surface area contributed by atoms with Gasteiger partial charge in [-0.25, -0.2) is 9.78 Å². The summed E-state index contributed by atoms with van der Waals surface area (Å²) in [5.74, 6) is -1.22. The summed E-state index contributed by atoms with van der Waals surface area (Å²) >= 11 is 1.14. The Labute approximate surface area is 202 Å². The van der Waals surface area contributed by atoms with Crippen LogP contribution in [0.5, 0.6) is 0 Å². The van der Waals surface area contributed by atoms with Gasteiger partial charge in [0.1, 0.15) is 4.88 Å². The van der Waals surface area contributed by atoms with Crippen LogP contribution in [0.3, 0.4) is 0 Å². The summed E-state index contributed by atoms with van der Waals surface area (Å²) in [6.45, 7) is 4.70. The minimum Gasteiger partial charge on any atom is -0.462 e. The van der Waals surface area contributed by atoms with Gasteiger partial charge in [-0.15, -0.1) is 0 Å². The summed E-state index contributed by atoms with van der Waals surface area (Å²) < 4.78 is 5.14. The fraction of sp³-hybridized carbons (Fsp3) is 0.320. The van der Waals surface area contributed by atoms with E-state index in [0.29, 0.717) is 35.3 Å². The summed E-state index contributed by atoms with van der Waals surface area (Å²) in [6.07, 6.45) is 1.82. The van der Waals surface area contributed by atoms with E-state index in [1.54, 1.807) is 29.8 Å². The topological polar surface area (TPSA) is 92.7 Å². The zero-order valence-corrected chi connectivity index (χ0v) is 20.0. The molecule has 0 spiro atoms. The van der Waals surface area contributed by atoms with E-state index in [-0.39, 0.29) is 24.8 Å². The second-order valence-electron chi connectivity index (χ2n) is 8.04. The van der Waals surface area contributed by atoms with Crippen molar-refractivity contribution < 1.29 is 19.1 Å². The first-order chi connectivity index (χ1) is 16.5. The Kier molecular flexibility index (Phi) is 7.32. The van der Waals surface area contributed by atoms with Gasteiger partial charge in [-0.3, -0.25) is 19.5 Å². The molecule has 1 aliphatic rings. The number of benzene rings is 1. The van der Waals surface area contributed by atoms with Crippen LogP contribution in [0.2, 0.25) is 0 Å². The third-order valence-electron chi connectivity index (χ3n) is 5.57. The lowest BCUT2D eigenvalue weighted by Gasteiger charge is -2.23. The lowest BCUT2D eigenvalue weighted by molar-refractivity contribution is -0.129. The molecule has 176 valence electrons. The first-order valence-corrected chi connectivity index (χ1v) is 12.0. The number of aromatic nitrogens is 2. The quantitative estimate of drug-likeness (QED) is 0.459. The van der Waals surface area contributed by atoms with E-state index < -0.39 is 11.9 Å². The van der Waals surface area contributed by atoms with Crippen LogP contribution in [-0.2, 0) is 27.4 Å². The number of nitrogens with zero attached hydrogens (tertiary/aromatic N) is 4. The summed E-state index contributed by atoms with van der Waals surface area (Å²) in [4.78, 5) is 51.1. The lowest BCUT2D eigenvalue weighted by atomic mass is 10.1. The standard InChI is InChI=1S/C25H26N4O4S/c1-3-33-24(32)22-17(2)27-25(34-22)29(14-18-9-5-4-6-10-18)23(31)19-13-21(30)28(15-19)16-20-11-7-8-12-26-20/h4-12,19H,3,13-16H2,1-2H3. The van der Waals surface area contributed by atoms with E-state index >= 15 is 0 Å². The molecule has 3 aromatic rings. The van der Waals surface area contributed by atoms with Crippen molar-refractivity contribution in [2.75, 3.05) is 18.1 Å². The number of aryl methyl sites for hydroxylation is 1. The Hall–Kier alpha value is -3.59. The largest absolute Gasteiger partial charge is 0.462 e. The molecule has 2 amide bonds. The Morgan fingerprint density at radius 1 is 1.18 bits per heavy atom. The van der Waals surface area contributed by atoms with Crippen LogP contribution in [-0.4, -0.2) is 45.8 Å². The molecule has 4 rings (SSSR count). The van der Waals surface area contributed by atoms with Crippen molar-refractivity contribution in [3.8, 4) is 0 Å². The van der Waals surface area contributed by atoms with Crippen molar-refractivity contribution in [2.24, 2.45) is 5.92 Å². The van der Waals surface area contributed by atoms with Gasteiger partial charge in [0, 0.05) is 19.2 Å². The average Bonchev–Trinajstić information content (AvgIpc) is 3.41. The molecule has 1 atom stereocenters. The first-order valence-electron chi connectivity index (χ1n) is 11.1. The Bertz CT molecular complexity index is 1170. The molecule has 1 aliphatic heterocycles. The Balaban J connectivity index is 1.58. The van der Waals surface area contributed by atoms with Crippen LogP contribution >= 0.6 is 11.3 Å². The molecular weight excluding hydrogens is 452 g/mol. The first kappa shape index (κ1) is 23.6. The second-order valence-corrected chi connectivity index (χ2v) is 9.02. The highest BCUT2D eigenvalue weighted by molar-refractivity contribution is 7.17. The van der Waals surface area contributed by atoms with Crippen LogP contribution < -0.4 is 4.90 Å². The molecule has 0 N–H and O–H groups in total. The van der Waals surface area contributed by atoms with Crippen molar-refractivity contribution in [3.05, 3.63) is 76.6 Å². The molecule has 1 unspecified atom stereocenters. The molecule has 34 heavy (non-hydrogen) atoms. The smallest absolute Gasteiger partial charge is 0.350 e. The molecule has 1 aromatic carbocycles. The number of amides is 2. The summed E-state index contributed by atoms with van der Waals surface area (Å²) in [5, 5.41) is 0.421.